The van der Waals surface area contributed by atoms with Crippen LogP contribution in [-0.2, 0) is 19.6 Å². The molecule has 0 saturated heterocycles. The number of rotatable bonds is 4. The van der Waals surface area contributed by atoms with Gasteiger partial charge >= 0.3 is 0 Å². The molecule has 0 radical (unpaired) electrons. The molecule has 0 saturated carbocycles. The monoisotopic (exact) mass is 437 g/mol. The van der Waals surface area contributed by atoms with E-state index < -0.39 is 0 Å². The fourth-order valence-electron chi connectivity index (χ4n) is 3.95. The number of ether oxygens (including phenoxy) is 1. The van der Waals surface area contributed by atoms with Crippen molar-refractivity contribution in [1.82, 2.24) is 19.4 Å². The first-order valence-corrected chi connectivity index (χ1v) is 10.4. The van der Waals surface area contributed by atoms with E-state index in [1.165, 1.54) is 12.1 Å². The van der Waals surface area contributed by atoms with Crippen molar-refractivity contribution in [2.24, 2.45) is 5.73 Å². The Bertz CT molecular complexity index is 1240. The van der Waals surface area contributed by atoms with E-state index >= 15 is 0 Å². The maximum atomic E-state index is 13.6. The van der Waals surface area contributed by atoms with Gasteiger partial charge in [0.05, 0.1) is 17.1 Å². The molecule has 0 fully saturated rings. The first-order chi connectivity index (χ1) is 15.1. The number of hydrogen-bond acceptors (Lipinski definition) is 5. The summed E-state index contributed by atoms with van der Waals surface area (Å²) in [6, 6.07) is 10.6. The molecule has 0 unspecified atom stereocenters. The van der Waals surface area contributed by atoms with E-state index in [-0.39, 0.29) is 5.82 Å². The lowest BCUT2D eigenvalue weighted by Gasteiger charge is -2.19. The highest BCUT2D eigenvalue weighted by Gasteiger charge is 2.20. The second-order valence-corrected chi connectivity index (χ2v) is 7.98. The van der Waals surface area contributed by atoms with E-state index in [9.17, 15) is 4.39 Å². The Morgan fingerprint density at radius 3 is 2.77 bits per heavy atom. The van der Waals surface area contributed by atoms with Crippen molar-refractivity contribution in [3.05, 3.63) is 82.8 Å². The first-order valence-electron chi connectivity index (χ1n) is 10.0. The van der Waals surface area contributed by atoms with Crippen LogP contribution in [0.4, 0.5) is 4.39 Å². The molecule has 8 heteroatoms. The summed E-state index contributed by atoms with van der Waals surface area (Å²) < 4.78 is 21.6. The molecule has 4 aromatic rings. The number of aromatic nitrogens is 3. The van der Waals surface area contributed by atoms with Crippen LogP contribution in [0.15, 0.2) is 55.0 Å². The van der Waals surface area contributed by atoms with Crippen molar-refractivity contribution in [2.45, 2.75) is 19.6 Å². The van der Waals surface area contributed by atoms with Crippen molar-refractivity contribution in [2.75, 3.05) is 13.2 Å². The van der Waals surface area contributed by atoms with Gasteiger partial charge in [-0.25, -0.2) is 14.4 Å². The maximum Gasteiger partial charge on any atom is 0.142 e. The molecule has 2 aromatic carbocycles. The average molecular weight is 438 g/mol. The van der Waals surface area contributed by atoms with E-state index in [0.717, 1.165) is 34.3 Å². The van der Waals surface area contributed by atoms with Crippen LogP contribution in [-0.4, -0.2) is 32.6 Å². The number of halogens is 2. The van der Waals surface area contributed by atoms with Gasteiger partial charge in [0.15, 0.2) is 0 Å². The minimum absolute atomic E-state index is 0.252. The highest BCUT2D eigenvalue weighted by atomic mass is 35.5. The molecule has 3 heterocycles. The molecule has 0 spiro atoms. The predicted octanol–water partition coefficient (Wildman–Crippen LogP) is 4.07. The summed E-state index contributed by atoms with van der Waals surface area (Å²) in [5, 5.41) is 1.40. The van der Waals surface area contributed by atoms with Gasteiger partial charge in [0, 0.05) is 60.4 Å². The van der Waals surface area contributed by atoms with Gasteiger partial charge in [-0.15, -0.1) is 0 Å². The minimum atomic E-state index is -0.252. The Morgan fingerprint density at radius 2 is 1.97 bits per heavy atom. The molecule has 2 aromatic heterocycles. The standard InChI is InChI=1S/C23H21ClFN5O/c24-20-9-19(30-4-3-16-7-18(25)1-2-21(16)30)8-17-14-29(5-6-31-23(17)20)13-15-11-27-22(10-26)28-12-15/h1-4,7-9,11-12H,5-6,10,13-14,26H2. The Morgan fingerprint density at radius 1 is 1.13 bits per heavy atom. The van der Waals surface area contributed by atoms with Crippen molar-refractivity contribution >= 4 is 22.5 Å². The van der Waals surface area contributed by atoms with E-state index in [1.54, 1.807) is 6.07 Å². The Kier molecular flexibility index (Phi) is 5.31. The zero-order valence-electron chi connectivity index (χ0n) is 16.8. The minimum Gasteiger partial charge on any atom is -0.490 e. The lowest BCUT2D eigenvalue weighted by Crippen LogP contribution is -2.25. The van der Waals surface area contributed by atoms with Gasteiger partial charge in [0.2, 0.25) is 0 Å². The number of benzene rings is 2. The third-order valence-corrected chi connectivity index (χ3v) is 5.71. The van der Waals surface area contributed by atoms with Gasteiger partial charge in [0.1, 0.15) is 24.0 Å². The summed E-state index contributed by atoms with van der Waals surface area (Å²) >= 11 is 6.61. The highest BCUT2D eigenvalue weighted by Crippen LogP contribution is 2.35. The number of hydrogen-bond donors (Lipinski definition) is 1. The van der Waals surface area contributed by atoms with Crippen LogP contribution >= 0.6 is 11.6 Å². The molecule has 158 valence electrons. The normalized spacial score (nSPS) is 14.3. The molecule has 2 N–H and O–H groups in total. The highest BCUT2D eigenvalue weighted by molar-refractivity contribution is 6.32. The van der Waals surface area contributed by atoms with Crippen LogP contribution < -0.4 is 10.5 Å². The largest absolute Gasteiger partial charge is 0.490 e. The molecular weight excluding hydrogens is 417 g/mol. The summed E-state index contributed by atoms with van der Waals surface area (Å²) in [5.41, 5.74) is 9.43. The summed E-state index contributed by atoms with van der Waals surface area (Å²) in [6.07, 6.45) is 5.56. The van der Waals surface area contributed by atoms with Crippen LogP contribution in [0.25, 0.3) is 16.6 Å². The number of nitrogens with two attached hydrogens (primary N) is 1. The topological polar surface area (TPSA) is 69.2 Å². The SMILES string of the molecule is NCc1ncc(CN2CCOc3c(Cl)cc(-n4ccc5cc(F)ccc54)cc3C2)cn1. The number of nitrogens with zero attached hydrogens (tertiary/aromatic N) is 4. The molecule has 0 bridgehead atoms. The molecule has 6 nitrogen and oxygen atoms in total. The molecule has 0 atom stereocenters. The van der Waals surface area contributed by atoms with Gasteiger partial charge in [-0.2, -0.15) is 0 Å². The molecule has 5 rings (SSSR count). The molecule has 0 aliphatic carbocycles. The summed E-state index contributed by atoms with van der Waals surface area (Å²) in [4.78, 5) is 10.8. The van der Waals surface area contributed by atoms with Gasteiger partial charge in [-0.3, -0.25) is 4.90 Å². The third-order valence-electron chi connectivity index (χ3n) is 5.43. The predicted molar refractivity (Wildman–Crippen MR) is 118 cm³/mol. The van der Waals surface area contributed by atoms with Crippen LogP contribution in [0, 0.1) is 5.82 Å². The van der Waals surface area contributed by atoms with Crippen LogP contribution in [0.1, 0.15) is 17.0 Å². The molecule has 31 heavy (non-hydrogen) atoms. The lowest BCUT2D eigenvalue weighted by molar-refractivity contribution is 0.219. The Labute approximate surface area is 184 Å². The van der Waals surface area contributed by atoms with Crippen molar-refractivity contribution < 1.29 is 9.13 Å². The summed E-state index contributed by atoms with van der Waals surface area (Å²) in [6.45, 7) is 2.99. The van der Waals surface area contributed by atoms with Gasteiger partial charge in [-0.05, 0) is 36.4 Å². The second kappa shape index (κ2) is 8.26. The zero-order valence-corrected chi connectivity index (χ0v) is 17.5. The quantitative estimate of drug-likeness (QED) is 0.521. The van der Waals surface area contributed by atoms with E-state index in [2.05, 4.69) is 20.9 Å². The summed E-state index contributed by atoms with van der Waals surface area (Å²) in [7, 11) is 0. The maximum absolute atomic E-state index is 13.6. The van der Waals surface area contributed by atoms with Gasteiger partial charge < -0.3 is 15.0 Å². The number of fused-ring (bicyclic) bond motifs is 2. The van der Waals surface area contributed by atoms with Gasteiger partial charge in [-0.1, -0.05) is 11.6 Å². The van der Waals surface area contributed by atoms with E-state index in [4.69, 9.17) is 22.1 Å². The van der Waals surface area contributed by atoms with Crippen molar-refractivity contribution in [3.8, 4) is 11.4 Å². The van der Waals surface area contributed by atoms with Crippen LogP contribution in [0.2, 0.25) is 5.02 Å². The fraction of sp³-hybridized carbons (Fsp3) is 0.217. The second-order valence-electron chi connectivity index (χ2n) is 7.58. The van der Waals surface area contributed by atoms with Crippen molar-refractivity contribution in [1.29, 1.82) is 0 Å². The third kappa shape index (κ3) is 3.99. The zero-order chi connectivity index (χ0) is 21.4. The Hall–Kier alpha value is -3.00. The molecule has 1 aliphatic heterocycles. The Balaban J connectivity index is 1.46. The molecule has 0 amide bonds. The van der Waals surface area contributed by atoms with Crippen LogP contribution in [0.3, 0.4) is 0 Å². The molecular formula is C23H21ClFN5O. The average Bonchev–Trinajstić information content (AvgIpc) is 3.07. The van der Waals surface area contributed by atoms with E-state index in [0.29, 0.717) is 42.8 Å². The lowest BCUT2D eigenvalue weighted by atomic mass is 10.1. The van der Waals surface area contributed by atoms with Crippen molar-refractivity contribution in [3.63, 3.8) is 0 Å². The fourth-order valence-corrected chi connectivity index (χ4v) is 4.24. The van der Waals surface area contributed by atoms with Crippen LogP contribution in [0.5, 0.6) is 5.75 Å². The first kappa shape index (κ1) is 19.9. The van der Waals surface area contributed by atoms with E-state index in [1.807, 2.05) is 35.3 Å². The smallest absolute Gasteiger partial charge is 0.142 e. The molecule has 1 aliphatic rings. The summed E-state index contributed by atoms with van der Waals surface area (Å²) in [5.74, 6) is 1.09. The van der Waals surface area contributed by atoms with Gasteiger partial charge in [0.25, 0.3) is 0 Å².